The average molecular weight is 275 g/mol. The standard InChI is InChI=1S/C9H10INO/c1-12-7-4-5-11-9(8(7)10)6-2-3-6/h4-6H,2-3H2,1H3. The van der Waals surface area contributed by atoms with Crippen molar-refractivity contribution < 1.29 is 4.74 Å². The van der Waals surface area contributed by atoms with Crippen LogP contribution in [0.25, 0.3) is 0 Å². The summed E-state index contributed by atoms with van der Waals surface area (Å²) in [6.45, 7) is 0. The Morgan fingerprint density at radius 3 is 2.92 bits per heavy atom. The van der Waals surface area contributed by atoms with E-state index in [2.05, 4.69) is 27.6 Å². The summed E-state index contributed by atoms with van der Waals surface area (Å²) in [6.07, 6.45) is 4.40. The zero-order chi connectivity index (χ0) is 8.55. The summed E-state index contributed by atoms with van der Waals surface area (Å²) in [4.78, 5) is 4.36. The van der Waals surface area contributed by atoms with Crippen LogP contribution in [0.5, 0.6) is 5.75 Å². The van der Waals surface area contributed by atoms with Gasteiger partial charge in [-0.05, 0) is 41.5 Å². The molecule has 1 aromatic heterocycles. The Morgan fingerprint density at radius 1 is 1.58 bits per heavy atom. The van der Waals surface area contributed by atoms with Crippen LogP contribution in [0.15, 0.2) is 12.3 Å². The Balaban J connectivity index is 2.40. The van der Waals surface area contributed by atoms with Crippen molar-refractivity contribution in [3.05, 3.63) is 21.5 Å². The lowest BCUT2D eigenvalue weighted by atomic mass is 10.2. The highest BCUT2D eigenvalue weighted by molar-refractivity contribution is 14.1. The van der Waals surface area contributed by atoms with E-state index in [0.29, 0.717) is 5.92 Å². The minimum atomic E-state index is 0.701. The second-order valence-corrected chi connectivity index (χ2v) is 4.07. The van der Waals surface area contributed by atoms with Crippen LogP contribution in [0, 0.1) is 3.57 Å². The highest BCUT2D eigenvalue weighted by Crippen LogP contribution is 2.42. The molecule has 1 saturated carbocycles. The number of aromatic nitrogens is 1. The van der Waals surface area contributed by atoms with Gasteiger partial charge in [0.25, 0.3) is 0 Å². The molecule has 0 atom stereocenters. The quantitative estimate of drug-likeness (QED) is 0.774. The van der Waals surface area contributed by atoms with Crippen LogP contribution < -0.4 is 4.74 Å². The first kappa shape index (κ1) is 8.29. The largest absolute Gasteiger partial charge is 0.496 e. The molecular formula is C9H10INO. The fourth-order valence-corrected chi connectivity index (χ4v) is 2.22. The molecule has 0 saturated heterocycles. The van der Waals surface area contributed by atoms with E-state index in [1.165, 1.54) is 22.1 Å². The van der Waals surface area contributed by atoms with Crippen molar-refractivity contribution in [3.8, 4) is 5.75 Å². The third kappa shape index (κ3) is 1.42. The number of methoxy groups -OCH3 is 1. The van der Waals surface area contributed by atoms with Gasteiger partial charge in [0.1, 0.15) is 5.75 Å². The number of halogens is 1. The predicted molar refractivity (Wildman–Crippen MR) is 55.5 cm³/mol. The van der Waals surface area contributed by atoms with Crippen molar-refractivity contribution >= 4 is 22.6 Å². The molecule has 1 aromatic rings. The van der Waals surface area contributed by atoms with Crippen molar-refractivity contribution in [2.45, 2.75) is 18.8 Å². The van der Waals surface area contributed by atoms with Crippen LogP contribution in [0.3, 0.4) is 0 Å². The van der Waals surface area contributed by atoms with Crippen molar-refractivity contribution in [2.75, 3.05) is 7.11 Å². The first-order valence-corrected chi connectivity index (χ1v) is 5.09. The SMILES string of the molecule is COc1ccnc(C2CC2)c1I. The van der Waals surface area contributed by atoms with Gasteiger partial charge in [-0.3, -0.25) is 4.98 Å². The summed E-state index contributed by atoms with van der Waals surface area (Å²) in [5.41, 5.74) is 1.22. The van der Waals surface area contributed by atoms with E-state index in [1.54, 1.807) is 7.11 Å². The number of ether oxygens (including phenoxy) is 1. The van der Waals surface area contributed by atoms with Gasteiger partial charge in [0.2, 0.25) is 0 Å². The molecule has 2 rings (SSSR count). The molecule has 1 fully saturated rings. The molecule has 64 valence electrons. The number of hydrogen-bond donors (Lipinski definition) is 0. The second-order valence-electron chi connectivity index (χ2n) is 2.99. The zero-order valence-corrected chi connectivity index (χ0v) is 9.04. The van der Waals surface area contributed by atoms with Gasteiger partial charge >= 0.3 is 0 Å². The van der Waals surface area contributed by atoms with Crippen molar-refractivity contribution in [1.82, 2.24) is 4.98 Å². The highest BCUT2D eigenvalue weighted by atomic mass is 127. The third-order valence-electron chi connectivity index (χ3n) is 2.06. The van der Waals surface area contributed by atoms with Crippen LogP contribution in [-0.2, 0) is 0 Å². The molecule has 1 aliphatic rings. The molecule has 3 heteroatoms. The maximum Gasteiger partial charge on any atom is 0.135 e. The Hall–Kier alpha value is -0.320. The van der Waals surface area contributed by atoms with Gasteiger partial charge in [-0.15, -0.1) is 0 Å². The normalized spacial score (nSPS) is 16.2. The summed E-state index contributed by atoms with van der Waals surface area (Å²) < 4.78 is 6.40. The fraction of sp³-hybridized carbons (Fsp3) is 0.444. The Kier molecular flexibility index (Phi) is 2.21. The third-order valence-corrected chi connectivity index (χ3v) is 3.15. The van der Waals surface area contributed by atoms with E-state index in [4.69, 9.17) is 4.74 Å². The molecule has 12 heavy (non-hydrogen) atoms. The van der Waals surface area contributed by atoms with Crippen LogP contribution in [0.4, 0.5) is 0 Å². The molecule has 0 aliphatic heterocycles. The van der Waals surface area contributed by atoms with Gasteiger partial charge in [0.05, 0.1) is 16.4 Å². The number of rotatable bonds is 2. The van der Waals surface area contributed by atoms with Crippen molar-refractivity contribution in [2.24, 2.45) is 0 Å². The molecule has 0 amide bonds. The molecule has 0 aromatic carbocycles. The first-order valence-electron chi connectivity index (χ1n) is 4.01. The molecule has 1 heterocycles. The molecule has 2 nitrogen and oxygen atoms in total. The van der Waals surface area contributed by atoms with Gasteiger partial charge in [-0.2, -0.15) is 0 Å². The molecule has 0 unspecified atom stereocenters. The van der Waals surface area contributed by atoms with Crippen LogP contribution in [0.2, 0.25) is 0 Å². The van der Waals surface area contributed by atoms with Gasteiger partial charge in [-0.1, -0.05) is 0 Å². The van der Waals surface area contributed by atoms with Crippen LogP contribution >= 0.6 is 22.6 Å². The molecule has 0 radical (unpaired) electrons. The van der Waals surface area contributed by atoms with E-state index in [0.717, 1.165) is 5.75 Å². The van der Waals surface area contributed by atoms with Gasteiger partial charge in [-0.25, -0.2) is 0 Å². The molecule has 1 aliphatic carbocycles. The molecule has 0 spiro atoms. The number of nitrogens with zero attached hydrogens (tertiary/aromatic N) is 1. The Morgan fingerprint density at radius 2 is 2.33 bits per heavy atom. The minimum absolute atomic E-state index is 0.701. The minimum Gasteiger partial charge on any atom is -0.496 e. The summed E-state index contributed by atoms with van der Waals surface area (Å²) in [5.74, 6) is 1.65. The van der Waals surface area contributed by atoms with Crippen LogP contribution in [-0.4, -0.2) is 12.1 Å². The van der Waals surface area contributed by atoms with E-state index in [-0.39, 0.29) is 0 Å². The zero-order valence-electron chi connectivity index (χ0n) is 6.88. The monoisotopic (exact) mass is 275 g/mol. The lowest BCUT2D eigenvalue weighted by Gasteiger charge is -2.05. The maximum atomic E-state index is 5.22. The lowest BCUT2D eigenvalue weighted by molar-refractivity contribution is 0.410. The number of hydrogen-bond acceptors (Lipinski definition) is 2. The maximum absolute atomic E-state index is 5.22. The summed E-state index contributed by atoms with van der Waals surface area (Å²) in [6, 6.07) is 1.91. The van der Waals surface area contributed by atoms with Crippen molar-refractivity contribution in [3.63, 3.8) is 0 Å². The molecule has 0 N–H and O–H groups in total. The van der Waals surface area contributed by atoms with Gasteiger partial charge < -0.3 is 4.74 Å². The summed E-state index contributed by atoms with van der Waals surface area (Å²) in [7, 11) is 1.70. The molecule has 0 bridgehead atoms. The first-order chi connectivity index (χ1) is 5.83. The smallest absolute Gasteiger partial charge is 0.135 e. The van der Waals surface area contributed by atoms with E-state index in [1.807, 2.05) is 12.3 Å². The Labute approximate surface area is 85.5 Å². The topological polar surface area (TPSA) is 22.1 Å². The van der Waals surface area contributed by atoms with Gasteiger partial charge in [0, 0.05) is 12.1 Å². The Bertz CT molecular complexity index is 297. The summed E-state index contributed by atoms with van der Waals surface area (Å²) in [5, 5.41) is 0. The predicted octanol–water partition coefficient (Wildman–Crippen LogP) is 2.57. The molecular weight excluding hydrogens is 265 g/mol. The second kappa shape index (κ2) is 3.20. The van der Waals surface area contributed by atoms with Gasteiger partial charge in [0.15, 0.2) is 0 Å². The van der Waals surface area contributed by atoms with Crippen LogP contribution in [0.1, 0.15) is 24.5 Å². The lowest BCUT2D eigenvalue weighted by Crippen LogP contribution is -1.94. The fourth-order valence-electron chi connectivity index (χ4n) is 1.24. The summed E-state index contributed by atoms with van der Waals surface area (Å²) >= 11 is 2.31. The van der Waals surface area contributed by atoms with Crippen molar-refractivity contribution in [1.29, 1.82) is 0 Å². The van der Waals surface area contributed by atoms with E-state index < -0.39 is 0 Å². The number of pyridine rings is 1. The van der Waals surface area contributed by atoms with E-state index >= 15 is 0 Å². The average Bonchev–Trinajstić information content (AvgIpc) is 2.88. The van der Waals surface area contributed by atoms with E-state index in [9.17, 15) is 0 Å². The highest BCUT2D eigenvalue weighted by Gasteiger charge is 2.27.